The molecule has 0 aromatic rings. The second-order valence-electron chi connectivity index (χ2n) is 9.69. The van der Waals surface area contributed by atoms with Gasteiger partial charge in [-0.2, -0.15) is 0 Å². The summed E-state index contributed by atoms with van der Waals surface area (Å²) < 4.78 is 10.7. The number of aliphatic hydroxyl groups is 1. The van der Waals surface area contributed by atoms with Crippen molar-refractivity contribution in [2.24, 2.45) is 17.3 Å². The van der Waals surface area contributed by atoms with Crippen LogP contribution in [0.15, 0.2) is 11.3 Å². The summed E-state index contributed by atoms with van der Waals surface area (Å²) in [5, 5.41) is 16.2. The molecule has 5 rings (SSSR count). The fourth-order valence-electron chi connectivity index (χ4n) is 6.69. The largest absolute Gasteiger partial charge is 0.463 e. The maximum absolute atomic E-state index is 12.7. The molecule has 2 amide bonds. The Balaban J connectivity index is 1.44. The van der Waals surface area contributed by atoms with Crippen molar-refractivity contribution >= 4 is 18.0 Å². The second-order valence-corrected chi connectivity index (χ2v) is 9.69. The van der Waals surface area contributed by atoms with E-state index in [2.05, 4.69) is 10.6 Å². The zero-order valence-corrected chi connectivity index (χ0v) is 17.8. The van der Waals surface area contributed by atoms with Crippen LogP contribution in [-0.4, -0.2) is 47.9 Å². The lowest BCUT2D eigenvalue weighted by atomic mass is 9.47. The minimum absolute atomic E-state index is 0.176. The molecule has 8 heteroatoms. The summed E-state index contributed by atoms with van der Waals surface area (Å²) in [5.41, 5.74) is -0.226. The van der Waals surface area contributed by atoms with E-state index in [1.807, 2.05) is 6.92 Å². The highest BCUT2D eigenvalue weighted by molar-refractivity contribution is 5.94. The molecule has 30 heavy (non-hydrogen) atoms. The van der Waals surface area contributed by atoms with Gasteiger partial charge >= 0.3 is 18.0 Å². The summed E-state index contributed by atoms with van der Waals surface area (Å²) in [6.45, 7) is 3.61. The van der Waals surface area contributed by atoms with Gasteiger partial charge in [-0.15, -0.1) is 0 Å². The van der Waals surface area contributed by atoms with Gasteiger partial charge in [-0.3, -0.25) is 4.79 Å². The molecule has 4 bridgehead atoms. The van der Waals surface area contributed by atoms with Crippen LogP contribution in [0.4, 0.5) is 4.79 Å². The molecule has 0 aromatic heterocycles. The van der Waals surface area contributed by atoms with E-state index in [1.165, 1.54) is 0 Å². The summed E-state index contributed by atoms with van der Waals surface area (Å²) in [6.07, 6.45) is 6.26. The fraction of sp³-hybridized carbons (Fsp3) is 0.773. The minimum atomic E-state index is -0.624. The van der Waals surface area contributed by atoms with Gasteiger partial charge in [0.05, 0.1) is 35.9 Å². The van der Waals surface area contributed by atoms with Crippen LogP contribution in [0, 0.1) is 17.3 Å². The molecular weight excluding hydrogens is 388 g/mol. The molecule has 4 saturated carbocycles. The number of urea groups is 1. The highest BCUT2D eigenvalue weighted by Crippen LogP contribution is 2.62. The predicted molar refractivity (Wildman–Crippen MR) is 107 cm³/mol. The van der Waals surface area contributed by atoms with Gasteiger partial charge in [0.25, 0.3) is 0 Å². The summed E-state index contributed by atoms with van der Waals surface area (Å²) >= 11 is 0. The average Bonchev–Trinajstić information content (AvgIpc) is 2.63. The van der Waals surface area contributed by atoms with Crippen LogP contribution in [0.1, 0.15) is 65.2 Å². The molecule has 1 aliphatic heterocycles. The SMILES string of the molecule is CCOC(=O)C1=C(COC(=O)CC23C[C@@H]4C[C@H](CC(O)(C4)C2)C3)NC(=O)N[C@@H]1CC. The first-order valence-electron chi connectivity index (χ1n) is 11.1. The van der Waals surface area contributed by atoms with Crippen molar-refractivity contribution in [1.29, 1.82) is 0 Å². The Labute approximate surface area is 176 Å². The third-order valence-electron chi connectivity index (χ3n) is 7.20. The Morgan fingerprint density at radius 3 is 2.43 bits per heavy atom. The van der Waals surface area contributed by atoms with Crippen LogP contribution in [0.3, 0.4) is 0 Å². The zero-order chi connectivity index (χ0) is 21.5. The molecule has 0 radical (unpaired) electrons. The van der Waals surface area contributed by atoms with Gasteiger partial charge in [0.15, 0.2) is 0 Å². The van der Waals surface area contributed by atoms with Gasteiger partial charge in [0.2, 0.25) is 0 Å². The monoisotopic (exact) mass is 420 g/mol. The van der Waals surface area contributed by atoms with E-state index in [-0.39, 0.29) is 36.7 Å². The standard InChI is InChI=1S/C22H32N2O6/c1-3-15-18(19(26)29-4-2)16(24-20(27)23-15)11-30-17(25)10-21-6-13-5-14(7-21)9-22(28,8-13)12-21/h13-15,28H,3-12H2,1-2H3,(H2,23,24,27)/t13-,14-,15+,21?,22?/m0/s1. The van der Waals surface area contributed by atoms with Gasteiger partial charge in [-0.1, -0.05) is 6.92 Å². The maximum Gasteiger partial charge on any atom is 0.338 e. The Kier molecular flexibility index (Phi) is 5.55. The molecule has 166 valence electrons. The normalized spacial score (nSPS) is 36.9. The predicted octanol–water partition coefficient (Wildman–Crippen LogP) is 2.16. The van der Waals surface area contributed by atoms with E-state index in [4.69, 9.17) is 9.47 Å². The smallest absolute Gasteiger partial charge is 0.338 e. The lowest BCUT2D eigenvalue weighted by molar-refractivity contribution is -0.176. The van der Waals surface area contributed by atoms with Crippen LogP contribution < -0.4 is 10.6 Å². The molecule has 4 fully saturated rings. The van der Waals surface area contributed by atoms with Crippen molar-refractivity contribution in [2.75, 3.05) is 13.2 Å². The minimum Gasteiger partial charge on any atom is -0.463 e. The number of amides is 2. The van der Waals surface area contributed by atoms with Gasteiger partial charge in [0, 0.05) is 0 Å². The topological polar surface area (TPSA) is 114 Å². The number of hydrogen-bond acceptors (Lipinski definition) is 6. The first-order chi connectivity index (χ1) is 14.2. The third kappa shape index (κ3) is 4.06. The van der Waals surface area contributed by atoms with Crippen LogP contribution in [-0.2, 0) is 19.1 Å². The summed E-state index contributed by atoms with van der Waals surface area (Å²) in [4.78, 5) is 37.1. The Morgan fingerprint density at radius 2 is 1.83 bits per heavy atom. The lowest BCUT2D eigenvalue weighted by Crippen LogP contribution is -2.56. The summed E-state index contributed by atoms with van der Waals surface area (Å²) in [7, 11) is 0. The van der Waals surface area contributed by atoms with Crippen molar-refractivity contribution in [1.82, 2.24) is 10.6 Å². The third-order valence-corrected chi connectivity index (χ3v) is 7.20. The number of esters is 2. The molecule has 3 atom stereocenters. The molecule has 3 N–H and O–H groups in total. The molecule has 0 saturated heterocycles. The van der Waals surface area contributed by atoms with Gasteiger partial charge in [-0.25, -0.2) is 9.59 Å². The quantitative estimate of drug-likeness (QED) is 0.544. The number of hydrogen-bond donors (Lipinski definition) is 3. The Morgan fingerprint density at radius 1 is 1.13 bits per heavy atom. The van der Waals surface area contributed by atoms with Crippen molar-refractivity contribution in [3.05, 3.63) is 11.3 Å². The van der Waals surface area contributed by atoms with Crippen LogP contribution in [0.25, 0.3) is 0 Å². The molecule has 1 heterocycles. The maximum atomic E-state index is 12.7. The molecule has 0 unspecified atom stereocenters. The average molecular weight is 421 g/mol. The van der Waals surface area contributed by atoms with Crippen LogP contribution in [0.5, 0.6) is 0 Å². The number of carbonyl (C=O) groups is 3. The van der Waals surface area contributed by atoms with E-state index >= 15 is 0 Å². The first kappa shape index (κ1) is 21.2. The Hall–Kier alpha value is -2.09. The number of ether oxygens (including phenoxy) is 2. The molecule has 8 nitrogen and oxygen atoms in total. The lowest BCUT2D eigenvalue weighted by Gasteiger charge is -2.60. The van der Waals surface area contributed by atoms with Crippen molar-refractivity contribution in [2.45, 2.75) is 76.9 Å². The van der Waals surface area contributed by atoms with E-state index < -0.39 is 23.6 Å². The highest BCUT2D eigenvalue weighted by atomic mass is 16.5. The summed E-state index contributed by atoms with van der Waals surface area (Å²) in [5.74, 6) is 0.121. The molecular formula is C22H32N2O6. The second kappa shape index (κ2) is 7.87. The highest BCUT2D eigenvalue weighted by Gasteiger charge is 2.57. The number of rotatable bonds is 7. The van der Waals surface area contributed by atoms with Gasteiger partial charge < -0.3 is 25.2 Å². The van der Waals surface area contributed by atoms with E-state index in [1.54, 1.807) is 6.92 Å². The molecule has 0 spiro atoms. The van der Waals surface area contributed by atoms with Crippen molar-refractivity contribution in [3.63, 3.8) is 0 Å². The van der Waals surface area contributed by atoms with E-state index in [9.17, 15) is 19.5 Å². The van der Waals surface area contributed by atoms with Gasteiger partial charge in [0.1, 0.15) is 6.61 Å². The van der Waals surface area contributed by atoms with Crippen molar-refractivity contribution < 1.29 is 29.0 Å². The molecule has 5 aliphatic rings. The van der Waals surface area contributed by atoms with Crippen LogP contribution in [0.2, 0.25) is 0 Å². The van der Waals surface area contributed by atoms with Crippen LogP contribution >= 0.6 is 0 Å². The molecule has 0 aromatic carbocycles. The van der Waals surface area contributed by atoms with Gasteiger partial charge in [-0.05, 0) is 69.1 Å². The van der Waals surface area contributed by atoms with Crippen molar-refractivity contribution in [3.8, 4) is 0 Å². The molecule has 4 aliphatic carbocycles. The zero-order valence-electron chi connectivity index (χ0n) is 17.8. The Bertz CT molecular complexity index is 762. The number of nitrogens with one attached hydrogen (secondary N) is 2. The fourth-order valence-corrected chi connectivity index (χ4v) is 6.69. The first-order valence-corrected chi connectivity index (χ1v) is 11.1. The number of carbonyl (C=O) groups excluding carboxylic acids is 3. The van der Waals surface area contributed by atoms with E-state index in [0.717, 1.165) is 32.1 Å². The summed E-state index contributed by atoms with van der Waals surface area (Å²) in [6, 6.07) is -0.909. The van der Waals surface area contributed by atoms with E-state index in [0.29, 0.717) is 30.3 Å².